The summed E-state index contributed by atoms with van der Waals surface area (Å²) in [6.07, 6.45) is 5.26. The Kier molecular flexibility index (Phi) is 4.55. The average molecular weight is 282 g/mol. The summed E-state index contributed by atoms with van der Waals surface area (Å²) in [6, 6.07) is 0.520. The standard InChI is InChI=1S/C15H26N2O3/c1-15(2,6-5-13(18)19)7-8-16-14(20)17-10-11-3-4-12(17)9-11/h11-12H,3-10H2,1-2H3,(H,16,20)(H,18,19). The third kappa shape index (κ3) is 3.87. The molecular weight excluding hydrogens is 256 g/mol. The minimum atomic E-state index is -0.754. The quantitative estimate of drug-likeness (QED) is 0.786. The number of hydrogen-bond donors (Lipinski definition) is 2. The molecule has 5 heteroatoms. The monoisotopic (exact) mass is 282 g/mol. The van der Waals surface area contributed by atoms with E-state index in [9.17, 15) is 9.59 Å². The first-order valence-electron chi connectivity index (χ1n) is 7.64. The Morgan fingerprint density at radius 2 is 2.05 bits per heavy atom. The van der Waals surface area contributed by atoms with Crippen molar-refractivity contribution in [3.8, 4) is 0 Å². The van der Waals surface area contributed by atoms with Crippen LogP contribution in [0.25, 0.3) is 0 Å². The SMILES string of the molecule is CC(C)(CCNC(=O)N1CC2CCC1C2)CCC(=O)O. The first kappa shape index (κ1) is 15.1. The van der Waals surface area contributed by atoms with Gasteiger partial charge in [-0.15, -0.1) is 0 Å². The highest BCUT2D eigenvalue weighted by atomic mass is 16.4. The third-order valence-electron chi connectivity index (χ3n) is 4.76. The summed E-state index contributed by atoms with van der Waals surface area (Å²) in [5.74, 6) is -0.0343. The number of piperidine rings is 1. The summed E-state index contributed by atoms with van der Waals surface area (Å²) < 4.78 is 0. The Morgan fingerprint density at radius 3 is 2.60 bits per heavy atom. The third-order valence-corrected chi connectivity index (χ3v) is 4.76. The first-order valence-corrected chi connectivity index (χ1v) is 7.64. The number of nitrogens with zero attached hydrogens (tertiary/aromatic N) is 1. The van der Waals surface area contributed by atoms with Crippen molar-refractivity contribution in [1.82, 2.24) is 10.2 Å². The highest BCUT2D eigenvalue weighted by molar-refractivity contribution is 5.75. The fourth-order valence-electron chi connectivity index (χ4n) is 3.35. The molecule has 1 heterocycles. The first-order chi connectivity index (χ1) is 9.37. The molecule has 0 spiro atoms. The highest BCUT2D eigenvalue weighted by Gasteiger charge is 2.40. The number of carboxylic acid groups (broad SMARTS) is 1. The van der Waals surface area contributed by atoms with Crippen molar-refractivity contribution in [3.63, 3.8) is 0 Å². The maximum absolute atomic E-state index is 12.1. The zero-order valence-electron chi connectivity index (χ0n) is 12.5. The number of nitrogens with one attached hydrogen (secondary N) is 1. The highest BCUT2D eigenvalue weighted by Crippen LogP contribution is 2.37. The summed E-state index contributed by atoms with van der Waals surface area (Å²) >= 11 is 0. The molecular formula is C15H26N2O3. The lowest BCUT2D eigenvalue weighted by Gasteiger charge is -2.28. The average Bonchev–Trinajstić information content (AvgIpc) is 2.98. The Bertz CT molecular complexity index is 381. The van der Waals surface area contributed by atoms with Crippen LogP contribution in [0, 0.1) is 11.3 Å². The van der Waals surface area contributed by atoms with Gasteiger partial charge >= 0.3 is 12.0 Å². The van der Waals surface area contributed by atoms with Gasteiger partial charge in [0.2, 0.25) is 0 Å². The fourth-order valence-corrected chi connectivity index (χ4v) is 3.35. The van der Waals surface area contributed by atoms with Gasteiger partial charge in [-0.05, 0) is 43.4 Å². The van der Waals surface area contributed by atoms with E-state index in [1.54, 1.807) is 0 Å². The topological polar surface area (TPSA) is 69.6 Å². The maximum atomic E-state index is 12.1. The van der Waals surface area contributed by atoms with Gasteiger partial charge in [0.15, 0.2) is 0 Å². The number of fused-ring (bicyclic) bond motifs is 2. The summed E-state index contributed by atoms with van der Waals surface area (Å²) in [6.45, 7) is 5.65. The number of carboxylic acids is 1. The van der Waals surface area contributed by atoms with Crippen molar-refractivity contribution in [2.24, 2.45) is 11.3 Å². The molecule has 0 aromatic heterocycles. The van der Waals surface area contributed by atoms with E-state index in [0.29, 0.717) is 19.0 Å². The number of rotatable bonds is 6. The van der Waals surface area contributed by atoms with E-state index in [1.807, 2.05) is 4.90 Å². The number of aliphatic carboxylic acids is 1. The number of carbonyl (C=O) groups excluding carboxylic acids is 1. The van der Waals surface area contributed by atoms with Gasteiger partial charge in [-0.25, -0.2) is 4.79 Å². The van der Waals surface area contributed by atoms with Crippen LogP contribution >= 0.6 is 0 Å². The minimum absolute atomic E-state index is 0.0459. The van der Waals surface area contributed by atoms with Gasteiger partial charge in [0.1, 0.15) is 0 Å². The lowest BCUT2D eigenvalue weighted by molar-refractivity contribution is -0.137. The van der Waals surface area contributed by atoms with Crippen LogP contribution in [-0.4, -0.2) is 41.1 Å². The zero-order valence-corrected chi connectivity index (χ0v) is 12.5. The molecule has 114 valence electrons. The minimum Gasteiger partial charge on any atom is -0.481 e. The zero-order chi connectivity index (χ0) is 14.8. The molecule has 1 aliphatic carbocycles. The van der Waals surface area contributed by atoms with E-state index in [1.165, 1.54) is 12.8 Å². The molecule has 2 atom stereocenters. The predicted molar refractivity (Wildman–Crippen MR) is 76.5 cm³/mol. The Hall–Kier alpha value is -1.26. The molecule has 5 nitrogen and oxygen atoms in total. The molecule has 2 fully saturated rings. The van der Waals surface area contributed by atoms with Gasteiger partial charge < -0.3 is 15.3 Å². The van der Waals surface area contributed by atoms with Gasteiger partial charge in [-0.1, -0.05) is 13.8 Å². The van der Waals surface area contributed by atoms with Crippen LogP contribution in [0.3, 0.4) is 0 Å². The molecule has 0 radical (unpaired) electrons. The van der Waals surface area contributed by atoms with Crippen molar-refractivity contribution in [1.29, 1.82) is 0 Å². The fraction of sp³-hybridized carbons (Fsp3) is 0.867. The lowest BCUT2D eigenvalue weighted by atomic mass is 9.84. The number of amides is 2. The van der Waals surface area contributed by atoms with Gasteiger partial charge in [-0.2, -0.15) is 0 Å². The summed E-state index contributed by atoms with van der Waals surface area (Å²) in [4.78, 5) is 24.7. The van der Waals surface area contributed by atoms with Crippen LogP contribution in [0.1, 0.15) is 52.4 Å². The van der Waals surface area contributed by atoms with E-state index in [0.717, 1.165) is 25.3 Å². The van der Waals surface area contributed by atoms with Crippen LogP contribution < -0.4 is 5.32 Å². The predicted octanol–water partition coefficient (Wildman–Crippen LogP) is 2.46. The Balaban J connectivity index is 1.67. The summed E-state index contributed by atoms with van der Waals surface area (Å²) in [7, 11) is 0. The molecule has 2 bridgehead atoms. The van der Waals surface area contributed by atoms with Gasteiger partial charge in [0.05, 0.1) is 0 Å². The Labute approximate surface area is 120 Å². The summed E-state index contributed by atoms with van der Waals surface area (Å²) in [5, 5.41) is 11.7. The Morgan fingerprint density at radius 1 is 1.30 bits per heavy atom. The van der Waals surface area contributed by atoms with Crippen molar-refractivity contribution >= 4 is 12.0 Å². The molecule has 1 saturated carbocycles. The second-order valence-electron chi connectivity index (χ2n) is 7.03. The summed E-state index contributed by atoms with van der Waals surface area (Å²) in [5.41, 5.74) is -0.0459. The van der Waals surface area contributed by atoms with Gasteiger partial charge in [-0.3, -0.25) is 4.79 Å². The normalized spacial score (nSPS) is 25.0. The van der Waals surface area contributed by atoms with Crippen LogP contribution in [0.4, 0.5) is 4.79 Å². The van der Waals surface area contributed by atoms with Gasteiger partial charge in [0.25, 0.3) is 0 Å². The van der Waals surface area contributed by atoms with Gasteiger partial charge in [0, 0.05) is 25.6 Å². The second kappa shape index (κ2) is 6.02. The number of likely N-dealkylation sites (tertiary alicyclic amines) is 1. The molecule has 2 aliphatic rings. The van der Waals surface area contributed by atoms with Crippen molar-refractivity contribution in [2.75, 3.05) is 13.1 Å². The lowest BCUT2D eigenvalue weighted by Crippen LogP contribution is -2.45. The smallest absolute Gasteiger partial charge is 0.317 e. The number of urea groups is 1. The molecule has 2 amide bonds. The molecule has 2 rings (SSSR count). The number of hydrogen-bond acceptors (Lipinski definition) is 2. The molecule has 1 aliphatic heterocycles. The van der Waals surface area contributed by atoms with Crippen molar-refractivity contribution in [3.05, 3.63) is 0 Å². The molecule has 0 aromatic carbocycles. The van der Waals surface area contributed by atoms with E-state index in [-0.39, 0.29) is 17.9 Å². The van der Waals surface area contributed by atoms with E-state index in [2.05, 4.69) is 19.2 Å². The van der Waals surface area contributed by atoms with E-state index >= 15 is 0 Å². The van der Waals surface area contributed by atoms with Crippen LogP contribution in [-0.2, 0) is 4.79 Å². The van der Waals surface area contributed by atoms with Crippen LogP contribution in [0.5, 0.6) is 0 Å². The molecule has 2 N–H and O–H groups in total. The van der Waals surface area contributed by atoms with Crippen molar-refractivity contribution < 1.29 is 14.7 Å². The van der Waals surface area contributed by atoms with Crippen LogP contribution in [0.15, 0.2) is 0 Å². The number of carbonyl (C=O) groups is 2. The molecule has 0 aromatic rings. The van der Waals surface area contributed by atoms with E-state index in [4.69, 9.17) is 5.11 Å². The molecule has 20 heavy (non-hydrogen) atoms. The molecule has 1 saturated heterocycles. The van der Waals surface area contributed by atoms with E-state index < -0.39 is 5.97 Å². The largest absolute Gasteiger partial charge is 0.481 e. The maximum Gasteiger partial charge on any atom is 0.317 e. The second-order valence-corrected chi connectivity index (χ2v) is 7.03. The van der Waals surface area contributed by atoms with Crippen molar-refractivity contribution in [2.45, 2.75) is 58.4 Å². The molecule has 2 unspecified atom stereocenters. The van der Waals surface area contributed by atoms with Crippen LogP contribution in [0.2, 0.25) is 0 Å².